The fraction of sp³-hybridized carbons (Fsp3) is 0.360. The van der Waals surface area contributed by atoms with Crippen molar-refractivity contribution in [1.82, 2.24) is 20.2 Å². The molecule has 2 aliphatic rings. The summed E-state index contributed by atoms with van der Waals surface area (Å²) in [6, 6.07) is 9.06. The molecule has 2 aliphatic heterocycles. The second-order valence-electron chi connectivity index (χ2n) is 8.58. The van der Waals surface area contributed by atoms with Gasteiger partial charge in [0, 0.05) is 51.9 Å². The van der Waals surface area contributed by atoms with E-state index < -0.39 is 23.2 Å². The Hall–Kier alpha value is -3.77. The third-order valence-electron chi connectivity index (χ3n) is 5.84. The van der Waals surface area contributed by atoms with E-state index in [-0.39, 0.29) is 18.2 Å². The predicted octanol–water partition coefficient (Wildman–Crippen LogP) is 2.24. The summed E-state index contributed by atoms with van der Waals surface area (Å²) in [4.78, 5) is 60.0. The molecule has 12 heteroatoms. The van der Waals surface area contributed by atoms with E-state index in [1.807, 2.05) is 30.3 Å². The van der Waals surface area contributed by atoms with Crippen LogP contribution >= 0.6 is 11.8 Å². The maximum absolute atomic E-state index is 12.9. The van der Waals surface area contributed by atoms with Crippen LogP contribution in [0, 0.1) is 0 Å². The molecule has 1 unspecified atom stereocenters. The van der Waals surface area contributed by atoms with Crippen molar-refractivity contribution in [3.05, 3.63) is 54.4 Å². The first-order chi connectivity index (χ1) is 17.7. The predicted molar refractivity (Wildman–Crippen MR) is 135 cm³/mol. The first-order valence-electron chi connectivity index (χ1n) is 11.6. The molecule has 1 saturated heterocycles. The molecule has 194 valence electrons. The summed E-state index contributed by atoms with van der Waals surface area (Å²) >= 11 is 0.986. The van der Waals surface area contributed by atoms with Crippen LogP contribution in [0.1, 0.15) is 26.3 Å². The van der Waals surface area contributed by atoms with Gasteiger partial charge in [0.2, 0.25) is 5.91 Å². The van der Waals surface area contributed by atoms with Gasteiger partial charge in [0.15, 0.2) is 10.9 Å². The average molecular weight is 526 g/mol. The second-order valence-corrected chi connectivity index (χ2v) is 9.70. The van der Waals surface area contributed by atoms with Crippen LogP contribution in [-0.4, -0.2) is 76.0 Å². The molecule has 0 saturated carbocycles. The maximum atomic E-state index is 12.9. The lowest BCUT2D eigenvalue weighted by molar-refractivity contribution is -0.168. The minimum atomic E-state index is -1.62. The van der Waals surface area contributed by atoms with Gasteiger partial charge in [-0.1, -0.05) is 18.2 Å². The molecule has 0 aliphatic carbocycles. The van der Waals surface area contributed by atoms with Crippen molar-refractivity contribution in [3.8, 4) is 0 Å². The molecule has 0 bridgehead atoms. The van der Waals surface area contributed by atoms with Crippen LogP contribution in [-0.2, 0) is 23.9 Å². The zero-order chi connectivity index (χ0) is 26.6. The number of ketones is 1. The fourth-order valence-electron chi connectivity index (χ4n) is 4.11. The van der Waals surface area contributed by atoms with Crippen LogP contribution in [0.4, 0.5) is 10.5 Å². The van der Waals surface area contributed by atoms with Gasteiger partial charge in [-0.3, -0.25) is 19.3 Å². The quantitative estimate of drug-likeness (QED) is 0.225. The highest BCUT2D eigenvalue weighted by Crippen LogP contribution is 2.40. The SMILES string of the molecule is CC(=O)NC[C@H]1CN(c2ccc(C3=CCN(C(OC(C)=O)(Sc4ncccn4)C(C)=O)C3)cc2)C(=O)O1. The molecular formula is C25H27N5O6S. The number of Topliss-reactive ketones (excluding diaryl/α,β-unsaturated/α-hetero) is 1. The molecule has 1 N–H and O–H groups in total. The standard InChI is InChI=1S/C25H27N5O6S/c1-16(31)25(36-18(3)33,37-23-26-10-4-11-27-23)29-12-9-20(14-29)19-5-7-21(8-6-19)30-15-22(35-24(30)34)13-28-17(2)32/h4-11,22H,12-15H2,1-3H3,(H,28,32)/t22-,25?/m0/s1. The fourth-order valence-corrected chi connectivity index (χ4v) is 5.16. The molecule has 1 aromatic heterocycles. The molecule has 2 aromatic rings. The van der Waals surface area contributed by atoms with E-state index in [4.69, 9.17) is 9.47 Å². The Balaban J connectivity index is 1.48. The summed E-state index contributed by atoms with van der Waals surface area (Å²) in [6.45, 7) is 5.34. The normalized spacial score (nSPS) is 19.1. The zero-order valence-corrected chi connectivity index (χ0v) is 21.5. The van der Waals surface area contributed by atoms with E-state index in [2.05, 4.69) is 15.3 Å². The number of hydrogen-bond acceptors (Lipinski definition) is 10. The Bertz CT molecular complexity index is 1220. The van der Waals surface area contributed by atoms with Crippen LogP contribution < -0.4 is 10.2 Å². The van der Waals surface area contributed by atoms with Gasteiger partial charge >= 0.3 is 12.1 Å². The highest BCUT2D eigenvalue weighted by Gasteiger charge is 2.48. The summed E-state index contributed by atoms with van der Waals surface area (Å²) < 4.78 is 10.9. The number of benzene rings is 1. The van der Waals surface area contributed by atoms with Gasteiger partial charge in [-0.05, 0) is 41.1 Å². The molecular weight excluding hydrogens is 498 g/mol. The minimum absolute atomic E-state index is 0.185. The van der Waals surface area contributed by atoms with E-state index in [0.29, 0.717) is 30.5 Å². The molecule has 11 nitrogen and oxygen atoms in total. The van der Waals surface area contributed by atoms with Gasteiger partial charge in [0.05, 0.1) is 13.1 Å². The van der Waals surface area contributed by atoms with E-state index in [1.54, 1.807) is 23.4 Å². The number of cyclic esters (lactones) is 1. The van der Waals surface area contributed by atoms with E-state index in [0.717, 1.165) is 22.9 Å². The van der Waals surface area contributed by atoms with E-state index in [9.17, 15) is 19.2 Å². The maximum Gasteiger partial charge on any atom is 0.414 e. The van der Waals surface area contributed by atoms with Crippen LogP contribution in [0.2, 0.25) is 0 Å². The molecule has 2 atom stereocenters. The zero-order valence-electron chi connectivity index (χ0n) is 20.7. The number of rotatable bonds is 9. The summed E-state index contributed by atoms with van der Waals surface area (Å²) in [6.07, 6.45) is 4.19. The van der Waals surface area contributed by atoms with Gasteiger partial charge in [0.25, 0.3) is 5.06 Å². The third-order valence-corrected chi connectivity index (χ3v) is 7.14. The number of amides is 2. The van der Waals surface area contributed by atoms with E-state index in [1.165, 1.54) is 25.7 Å². The van der Waals surface area contributed by atoms with Gasteiger partial charge in [-0.2, -0.15) is 0 Å². The van der Waals surface area contributed by atoms with Crippen LogP contribution in [0.3, 0.4) is 0 Å². The number of hydrogen-bond donors (Lipinski definition) is 1. The van der Waals surface area contributed by atoms with Crippen LogP contribution in [0.15, 0.2) is 54.0 Å². The summed E-state index contributed by atoms with van der Waals surface area (Å²) in [5.41, 5.74) is 2.51. The first-order valence-corrected chi connectivity index (χ1v) is 12.4. The first kappa shape index (κ1) is 26.3. The van der Waals surface area contributed by atoms with Crippen LogP contribution in [0.25, 0.3) is 5.57 Å². The number of thioether (sulfide) groups is 1. The number of anilines is 1. The van der Waals surface area contributed by atoms with Crippen molar-refractivity contribution in [3.63, 3.8) is 0 Å². The topological polar surface area (TPSA) is 131 Å². The summed E-state index contributed by atoms with van der Waals surface area (Å²) in [7, 11) is 0. The molecule has 1 fully saturated rings. The van der Waals surface area contributed by atoms with E-state index >= 15 is 0 Å². The molecule has 0 spiro atoms. The molecule has 1 aromatic carbocycles. The number of ether oxygens (including phenoxy) is 2. The Kier molecular flexibility index (Phi) is 7.89. The Morgan fingerprint density at radius 2 is 1.86 bits per heavy atom. The molecule has 4 rings (SSSR count). The van der Waals surface area contributed by atoms with Crippen molar-refractivity contribution < 1.29 is 28.7 Å². The van der Waals surface area contributed by atoms with Crippen molar-refractivity contribution >= 4 is 46.8 Å². The van der Waals surface area contributed by atoms with Crippen molar-refractivity contribution in [2.45, 2.75) is 37.1 Å². The minimum Gasteiger partial charge on any atom is -0.442 e. The number of esters is 1. The Morgan fingerprint density at radius 1 is 1.16 bits per heavy atom. The average Bonchev–Trinajstić information content (AvgIpc) is 3.50. The highest BCUT2D eigenvalue weighted by molar-refractivity contribution is 8.01. The van der Waals surface area contributed by atoms with Gasteiger partial charge < -0.3 is 14.8 Å². The lowest BCUT2D eigenvalue weighted by atomic mass is 10.1. The molecule has 0 radical (unpaired) electrons. The monoisotopic (exact) mass is 525 g/mol. The van der Waals surface area contributed by atoms with Gasteiger partial charge in [-0.15, -0.1) is 0 Å². The third kappa shape index (κ3) is 5.97. The molecule has 2 amide bonds. The Morgan fingerprint density at radius 3 is 2.49 bits per heavy atom. The summed E-state index contributed by atoms with van der Waals surface area (Å²) in [5, 5.41) is 1.35. The molecule has 3 heterocycles. The lowest BCUT2D eigenvalue weighted by Crippen LogP contribution is -2.53. The number of nitrogens with zero attached hydrogens (tertiary/aromatic N) is 4. The molecule has 37 heavy (non-hydrogen) atoms. The van der Waals surface area contributed by atoms with Gasteiger partial charge in [0.1, 0.15) is 6.10 Å². The smallest absolute Gasteiger partial charge is 0.414 e. The highest BCUT2D eigenvalue weighted by atomic mass is 32.2. The van der Waals surface area contributed by atoms with Crippen molar-refractivity contribution in [2.24, 2.45) is 0 Å². The second kappa shape index (κ2) is 11.1. The number of nitrogens with one attached hydrogen (secondary N) is 1. The number of carbonyl (C=O) groups excluding carboxylic acids is 4. The van der Waals surface area contributed by atoms with Crippen LogP contribution in [0.5, 0.6) is 0 Å². The van der Waals surface area contributed by atoms with Gasteiger partial charge in [-0.25, -0.2) is 19.7 Å². The number of carbonyl (C=O) groups is 4. The Labute approximate surface area is 218 Å². The van der Waals surface area contributed by atoms with Crippen molar-refractivity contribution in [2.75, 3.05) is 31.1 Å². The summed E-state index contributed by atoms with van der Waals surface area (Å²) in [5.74, 6) is -1.13. The lowest BCUT2D eigenvalue weighted by Gasteiger charge is -2.37. The largest absolute Gasteiger partial charge is 0.442 e. The number of aromatic nitrogens is 2. The van der Waals surface area contributed by atoms with Crippen molar-refractivity contribution in [1.29, 1.82) is 0 Å².